The van der Waals surface area contributed by atoms with Crippen LogP contribution in [-0.2, 0) is 14.3 Å². The highest BCUT2D eigenvalue weighted by Crippen LogP contribution is 1.95. The van der Waals surface area contributed by atoms with Crippen LogP contribution in [0.4, 0.5) is 0 Å². The second-order valence-electron chi connectivity index (χ2n) is 2.02. The van der Waals surface area contributed by atoms with Gasteiger partial charge < -0.3 is 4.74 Å². The van der Waals surface area contributed by atoms with Crippen LogP contribution in [0.3, 0.4) is 0 Å². The zero-order valence-electron chi connectivity index (χ0n) is 6.22. The third kappa shape index (κ3) is 5.61. The molecule has 0 atom stereocenters. The van der Waals surface area contributed by atoms with E-state index in [9.17, 15) is 9.59 Å². The summed E-state index contributed by atoms with van der Waals surface area (Å²) in [5.74, 6) is -0.497. The molecule has 0 saturated carbocycles. The first kappa shape index (κ1) is 10.2. The van der Waals surface area contributed by atoms with E-state index >= 15 is 0 Å². The SMILES string of the molecule is C=C(C)C(=O)OCCC(=O)Cl. The van der Waals surface area contributed by atoms with E-state index < -0.39 is 11.2 Å². The molecule has 0 spiro atoms. The number of carbonyl (C=O) groups is 2. The third-order valence-electron chi connectivity index (χ3n) is 0.880. The average molecular weight is 177 g/mol. The molecule has 0 aromatic rings. The van der Waals surface area contributed by atoms with Gasteiger partial charge in [-0.05, 0) is 18.5 Å². The predicted octanol–water partition coefficient (Wildman–Crippen LogP) is 1.26. The molecule has 0 aliphatic heterocycles. The van der Waals surface area contributed by atoms with Gasteiger partial charge in [-0.15, -0.1) is 0 Å². The highest BCUT2D eigenvalue weighted by atomic mass is 35.5. The van der Waals surface area contributed by atoms with Gasteiger partial charge in [0.1, 0.15) is 0 Å². The largest absolute Gasteiger partial charge is 0.462 e. The molecule has 62 valence electrons. The molecule has 3 nitrogen and oxygen atoms in total. The summed E-state index contributed by atoms with van der Waals surface area (Å²) >= 11 is 4.99. The number of hydrogen-bond donors (Lipinski definition) is 0. The Hall–Kier alpha value is -0.830. The van der Waals surface area contributed by atoms with Crippen molar-refractivity contribution in [2.75, 3.05) is 6.61 Å². The Bertz CT molecular complexity index is 186. The molecule has 0 saturated heterocycles. The van der Waals surface area contributed by atoms with Crippen LogP contribution >= 0.6 is 11.6 Å². The summed E-state index contributed by atoms with van der Waals surface area (Å²) in [6.07, 6.45) is 0.0422. The predicted molar refractivity (Wildman–Crippen MR) is 41.3 cm³/mol. The fourth-order valence-electron chi connectivity index (χ4n) is 0.347. The van der Waals surface area contributed by atoms with Crippen molar-refractivity contribution in [1.82, 2.24) is 0 Å². The summed E-state index contributed by atoms with van der Waals surface area (Å²) in [5, 5.41) is -0.514. The van der Waals surface area contributed by atoms with Crippen molar-refractivity contribution in [3.63, 3.8) is 0 Å². The van der Waals surface area contributed by atoms with Crippen LogP contribution in [0.5, 0.6) is 0 Å². The van der Waals surface area contributed by atoms with E-state index in [0.29, 0.717) is 5.57 Å². The van der Waals surface area contributed by atoms with Crippen LogP contribution in [0.1, 0.15) is 13.3 Å². The molecule has 0 aromatic heterocycles. The van der Waals surface area contributed by atoms with Gasteiger partial charge in [0.05, 0.1) is 13.0 Å². The van der Waals surface area contributed by atoms with E-state index in [1.165, 1.54) is 6.92 Å². The number of rotatable bonds is 4. The van der Waals surface area contributed by atoms with Crippen molar-refractivity contribution in [2.24, 2.45) is 0 Å². The second-order valence-corrected chi connectivity index (χ2v) is 2.44. The first-order valence-electron chi connectivity index (χ1n) is 3.05. The Balaban J connectivity index is 3.47. The minimum absolute atomic E-state index is 0.0219. The summed E-state index contributed by atoms with van der Waals surface area (Å²) in [4.78, 5) is 20.8. The lowest BCUT2D eigenvalue weighted by Gasteiger charge is -2.00. The minimum atomic E-state index is -0.514. The first-order valence-corrected chi connectivity index (χ1v) is 3.43. The zero-order chi connectivity index (χ0) is 8.85. The molecular formula is C7H9ClO3. The molecule has 0 amide bonds. The van der Waals surface area contributed by atoms with Gasteiger partial charge in [0.25, 0.3) is 0 Å². The quantitative estimate of drug-likeness (QED) is 0.368. The summed E-state index contributed by atoms with van der Waals surface area (Å²) in [6.45, 7) is 4.91. The standard InChI is InChI=1S/C7H9ClO3/c1-5(2)7(10)11-4-3-6(8)9/h1,3-4H2,2H3. The lowest BCUT2D eigenvalue weighted by atomic mass is 10.4. The molecular weight excluding hydrogens is 168 g/mol. The Labute approximate surface area is 70.0 Å². The van der Waals surface area contributed by atoms with E-state index in [-0.39, 0.29) is 13.0 Å². The van der Waals surface area contributed by atoms with Gasteiger partial charge in [-0.3, -0.25) is 4.79 Å². The second kappa shape index (κ2) is 4.91. The summed E-state index contributed by atoms with van der Waals surface area (Å²) < 4.78 is 4.57. The number of halogens is 1. The van der Waals surface area contributed by atoms with Crippen LogP contribution in [0.15, 0.2) is 12.2 Å². The maximum absolute atomic E-state index is 10.6. The fourth-order valence-corrected chi connectivity index (χ4v) is 0.424. The van der Waals surface area contributed by atoms with Crippen molar-refractivity contribution < 1.29 is 14.3 Å². The maximum Gasteiger partial charge on any atom is 0.333 e. The van der Waals surface area contributed by atoms with E-state index in [1.807, 2.05) is 0 Å². The lowest BCUT2D eigenvalue weighted by molar-refractivity contribution is -0.139. The number of esters is 1. The van der Waals surface area contributed by atoms with Crippen LogP contribution in [-0.4, -0.2) is 17.8 Å². The van der Waals surface area contributed by atoms with Gasteiger partial charge in [-0.25, -0.2) is 4.79 Å². The molecule has 0 fully saturated rings. The normalized spacial score (nSPS) is 8.91. The van der Waals surface area contributed by atoms with Gasteiger partial charge in [0.2, 0.25) is 5.24 Å². The van der Waals surface area contributed by atoms with Gasteiger partial charge in [-0.1, -0.05) is 6.58 Å². The molecule has 0 aromatic carbocycles. The summed E-state index contributed by atoms with van der Waals surface area (Å²) in [7, 11) is 0. The average Bonchev–Trinajstić information content (AvgIpc) is 1.86. The maximum atomic E-state index is 10.6. The number of hydrogen-bond acceptors (Lipinski definition) is 3. The molecule has 0 N–H and O–H groups in total. The fraction of sp³-hybridized carbons (Fsp3) is 0.429. The summed E-state index contributed by atoms with van der Waals surface area (Å²) in [6, 6.07) is 0. The number of ether oxygens (including phenoxy) is 1. The molecule has 4 heteroatoms. The molecule has 0 unspecified atom stereocenters. The monoisotopic (exact) mass is 176 g/mol. The van der Waals surface area contributed by atoms with Gasteiger partial charge in [-0.2, -0.15) is 0 Å². The van der Waals surface area contributed by atoms with Crippen LogP contribution < -0.4 is 0 Å². The van der Waals surface area contributed by atoms with Crippen molar-refractivity contribution in [3.05, 3.63) is 12.2 Å². The Morgan fingerprint density at radius 3 is 2.45 bits per heavy atom. The topological polar surface area (TPSA) is 43.4 Å². The van der Waals surface area contributed by atoms with Crippen LogP contribution in [0, 0.1) is 0 Å². The molecule has 0 aliphatic carbocycles. The Morgan fingerprint density at radius 2 is 2.09 bits per heavy atom. The molecule has 0 radical (unpaired) electrons. The Kier molecular flexibility index (Phi) is 4.54. The van der Waals surface area contributed by atoms with E-state index in [1.54, 1.807) is 0 Å². The highest BCUT2D eigenvalue weighted by molar-refractivity contribution is 6.63. The van der Waals surface area contributed by atoms with Gasteiger partial charge in [0, 0.05) is 5.57 Å². The van der Waals surface area contributed by atoms with Crippen LogP contribution in [0.2, 0.25) is 0 Å². The molecule has 0 heterocycles. The molecule has 0 bridgehead atoms. The number of carbonyl (C=O) groups excluding carboxylic acids is 2. The molecule has 0 aliphatic rings. The minimum Gasteiger partial charge on any atom is -0.462 e. The van der Waals surface area contributed by atoms with Crippen molar-refractivity contribution in [1.29, 1.82) is 0 Å². The third-order valence-corrected chi connectivity index (χ3v) is 1.07. The lowest BCUT2D eigenvalue weighted by Crippen LogP contribution is -2.07. The highest BCUT2D eigenvalue weighted by Gasteiger charge is 2.03. The van der Waals surface area contributed by atoms with Crippen molar-refractivity contribution in [3.8, 4) is 0 Å². The Morgan fingerprint density at radius 1 is 1.55 bits per heavy atom. The van der Waals surface area contributed by atoms with E-state index in [0.717, 1.165) is 0 Å². The van der Waals surface area contributed by atoms with Crippen LogP contribution in [0.25, 0.3) is 0 Å². The van der Waals surface area contributed by atoms with E-state index in [2.05, 4.69) is 11.3 Å². The van der Waals surface area contributed by atoms with Gasteiger partial charge in [0.15, 0.2) is 0 Å². The van der Waals surface area contributed by atoms with Crippen molar-refractivity contribution in [2.45, 2.75) is 13.3 Å². The van der Waals surface area contributed by atoms with Gasteiger partial charge >= 0.3 is 5.97 Å². The molecule has 0 rings (SSSR count). The summed E-state index contributed by atoms with van der Waals surface area (Å²) in [5.41, 5.74) is 0.312. The zero-order valence-corrected chi connectivity index (χ0v) is 6.98. The van der Waals surface area contributed by atoms with Crippen molar-refractivity contribution >= 4 is 22.8 Å². The van der Waals surface area contributed by atoms with E-state index in [4.69, 9.17) is 11.6 Å². The molecule has 11 heavy (non-hydrogen) atoms. The smallest absolute Gasteiger partial charge is 0.333 e. The first-order chi connectivity index (χ1) is 5.04.